The minimum atomic E-state index is -0.742. The van der Waals surface area contributed by atoms with E-state index in [2.05, 4.69) is 10.2 Å². The maximum Gasteiger partial charge on any atom is 0.334 e. The largest absolute Gasteiger partial charge is 0.443 e. The second-order valence-electron chi connectivity index (χ2n) is 7.11. The molecule has 2 aromatic rings. The van der Waals surface area contributed by atoms with E-state index in [1.165, 1.54) is 21.8 Å². The molecule has 144 valence electrons. The third-order valence-corrected chi connectivity index (χ3v) is 3.69. The molecular formula is C17H22N6O4. The molecule has 0 spiro atoms. The predicted molar refractivity (Wildman–Crippen MR) is 94.6 cm³/mol. The first kappa shape index (κ1) is 20.1. The van der Waals surface area contributed by atoms with Gasteiger partial charge in [-0.25, -0.2) is 9.36 Å². The van der Waals surface area contributed by atoms with Gasteiger partial charge in [0.1, 0.15) is 5.69 Å². The Balaban J connectivity index is 2.26. The number of hydrogen-bond donors (Lipinski definition) is 0. The van der Waals surface area contributed by atoms with Crippen molar-refractivity contribution in [3.05, 3.63) is 44.5 Å². The third-order valence-electron chi connectivity index (χ3n) is 3.69. The van der Waals surface area contributed by atoms with Crippen LogP contribution >= 0.6 is 0 Å². The molecule has 0 aliphatic carbocycles. The zero-order chi connectivity index (χ0) is 20.2. The van der Waals surface area contributed by atoms with Crippen LogP contribution in [0.25, 0.3) is 0 Å². The summed E-state index contributed by atoms with van der Waals surface area (Å²) in [4.78, 5) is 38.2. The van der Waals surface area contributed by atoms with Crippen molar-refractivity contribution in [1.82, 2.24) is 24.1 Å². The molecule has 0 amide bonds. The Kier molecular flexibility index (Phi) is 5.95. The molecule has 0 aromatic carbocycles. The fourth-order valence-corrected chi connectivity index (χ4v) is 2.20. The smallest absolute Gasteiger partial charge is 0.334 e. The summed E-state index contributed by atoms with van der Waals surface area (Å²) in [5, 5.41) is 16.8. The van der Waals surface area contributed by atoms with Crippen molar-refractivity contribution in [2.45, 2.75) is 53.9 Å². The number of esters is 1. The molecule has 10 nitrogen and oxygen atoms in total. The average molecular weight is 374 g/mol. The summed E-state index contributed by atoms with van der Waals surface area (Å²) in [7, 11) is 0. The molecule has 27 heavy (non-hydrogen) atoms. The predicted octanol–water partition coefficient (Wildman–Crippen LogP) is 0.419. The zero-order valence-electron chi connectivity index (χ0n) is 15.8. The fourth-order valence-electron chi connectivity index (χ4n) is 2.20. The van der Waals surface area contributed by atoms with Gasteiger partial charge in [0, 0.05) is 11.8 Å². The lowest BCUT2D eigenvalue weighted by atomic mass is 9.98. The Labute approximate surface area is 155 Å². The van der Waals surface area contributed by atoms with E-state index in [1.807, 2.05) is 6.07 Å². The van der Waals surface area contributed by atoms with Gasteiger partial charge in [0.15, 0.2) is 6.73 Å². The molecule has 10 heteroatoms. The molecule has 0 saturated carbocycles. The SMILES string of the molecule is Cc1cn(Cc2cnn(CCC#N)n2)c(=O)n(COC(=O)C(C)(C)C)c1=O. The van der Waals surface area contributed by atoms with Crippen LogP contribution in [0, 0.1) is 23.7 Å². The second-order valence-corrected chi connectivity index (χ2v) is 7.11. The minimum Gasteiger partial charge on any atom is -0.443 e. The van der Waals surface area contributed by atoms with E-state index in [-0.39, 0.29) is 13.0 Å². The van der Waals surface area contributed by atoms with Crippen molar-refractivity contribution in [3.8, 4) is 6.07 Å². The van der Waals surface area contributed by atoms with Gasteiger partial charge in [0.05, 0.1) is 37.2 Å². The number of rotatable bonds is 6. The molecule has 0 aliphatic rings. The molecule has 0 bridgehead atoms. The van der Waals surface area contributed by atoms with Gasteiger partial charge in [-0.15, -0.1) is 0 Å². The molecule has 0 saturated heterocycles. The fraction of sp³-hybridized carbons (Fsp3) is 0.529. The molecule has 0 unspecified atom stereocenters. The van der Waals surface area contributed by atoms with E-state index in [9.17, 15) is 14.4 Å². The summed E-state index contributed by atoms with van der Waals surface area (Å²) < 4.78 is 7.29. The quantitative estimate of drug-likeness (QED) is 0.671. The number of aromatic nitrogens is 5. The van der Waals surface area contributed by atoms with E-state index in [0.29, 0.717) is 17.8 Å². The molecule has 2 rings (SSSR count). The summed E-state index contributed by atoms with van der Waals surface area (Å²) in [6, 6.07) is 2.00. The maximum absolute atomic E-state index is 12.6. The normalized spacial score (nSPS) is 11.2. The van der Waals surface area contributed by atoms with Crippen molar-refractivity contribution in [2.75, 3.05) is 0 Å². The molecular weight excluding hydrogens is 352 g/mol. The topological polar surface area (TPSA) is 125 Å². The van der Waals surface area contributed by atoms with Crippen LogP contribution in [0.5, 0.6) is 0 Å². The number of nitrogens with zero attached hydrogens (tertiary/aromatic N) is 6. The molecule has 2 aromatic heterocycles. The summed E-state index contributed by atoms with van der Waals surface area (Å²) in [6.45, 7) is 6.62. The monoisotopic (exact) mass is 374 g/mol. The molecule has 2 heterocycles. The van der Waals surface area contributed by atoms with E-state index >= 15 is 0 Å². The number of carbonyl (C=O) groups excluding carboxylic acids is 1. The van der Waals surface area contributed by atoms with Crippen molar-refractivity contribution in [1.29, 1.82) is 5.26 Å². The Hall–Kier alpha value is -3.22. The first-order valence-electron chi connectivity index (χ1n) is 8.37. The van der Waals surface area contributed by atoms with Crippen LogP contribution in [0.2, 0.25) is 0 Å². The van der Waals surface area contributed by atoms with Gasteiger partial charge < -0.3 is 4.74 Å². The van der Waals surface area contributed by atoms with E-state index < -0.39 is 29.4 Å². The van der Waals surface area contributed by atoms with Gasteiger partial charge in [-0.1, -0.05) is 0 Å². The van der Waals surface area contributed by atoms with Gasteiger partial charge in [0.2, 0.25) is 0 Å². The highest BCUT2D eigenvalue weighted by molar-refractivity contribution is 5.75. The van der Waals surface area contributed by atoms with Crippen LogP contribution in [0.1, 0.15) is 38.4 Å². The Morgan fingerprint density at radius 3 is 2.67 bits per heavy atom. The lowest BCUT2D eigenvalue weighted by Crippen LogP contribution is -2.42. The second kappa shape index (κ2) is 7.99. The number of hydrogen-bond acceptors (Lipinski definition) is 7. The van der Waals surface area contributed by atoms with Crippen LogP contribution in [0.3, 0.4) is 0 Å². The Morgan fingerprint density at radius 2 is 2.04 bits per heavy atom. The van der Waals surface area contributed by atoms with Gasteiger partial charge in [-0.05, 0) is 27.7 Å². The highest BCUT2D eigenvalue weighted by atomic mass is 16.5. The van der Waals surface area contributed by atoms with E-state index in [4.69, 9.17) is 10.00 Å². The summed E-state index contributed by atoms with van der Waals surface area (Å²) in [6.07, 6.45) is 3.20. The highest BCUT2D eigenvalue weighted by Gasteiger charge is 2.23. The molecule has 0 radical (unpaired) electrons. The lowest BCUT2D eigenvalue weighted by Gasteiger charge is -2.17. The van der Waals surface area contributed by atoms with Crippen LogP contribution in [-0.4, -0.2) is 30.1 Å². The van der Waals surface area contributed by atoms with Gasteiger partial charge in [0.25, 0.3) is 5.56 Å². The number of aryl methyl sites for hydroxylation is 2. The first-order valence-corrected chi connectivity index (χ1v) is 8.37. The molecule has 0 N–H and O–H groups in total. The first-order chi connectivity index (χ1) is 12.6. The molecule has 0 fully saturated rings. The van der Waals surface area contributed by atoms with Gasteiger partial charge in [-0.2, -0.15) is 20.3 Å². The van der Waals surface area contributed by atoms with E-state index in [1.54, 1.807) is 27.7 Å². The van der Waals surface area contributed by atoms with Crippen molar-refractivity contribution in [2.24, 2.45) is 5.41 Å². The minimum absolute atomic E-state index is 0.0969. The summed E-state index contributed by atoms with van der Waals surface area (Å²) in [5.74, 6) is -0.512. The van der Waals surface area contributed by atoms with Crippen LogP contribution in [-0.2, 0) is 29.4 Å². The van der Waals surface area contributed by atoms with Gasteiger partial charge in [-0.3, -0.25) is 14.2 Å². The van der Waals surface area contributed by atoms with Crippen LogP contribution in [0.4, 0.5) is 0 Å². The lowest BCUT2D eigenvalue weighted by molar-refractivity contribution is -0.157. The van der Waals surface area contributed by atoms with Gasteiger partial charge >= 0.3 is 11.7 Å². The number of nitriles is 1. The highest BCUT2D eigenvalue weighted by Crippen LogP contribution is 2.15. The third kappa shape index (κ3) is 4.91. The number of ether oxygens (including phenoxy) is 1. The van der Waals surface area contributed by atoms with E-state index in [0.717, 1.165) is 4.57 Å². The summed E-state index contributed by atoms with van der Waals surface area (Å²) in [5.41, 5.74) is -1.03. The number of carbonyl (C=O) groups is 1. The van der Waals surface area contributed by atoms with Crippen molar-refractivity contribution >= 4 is 5.97 Å². The molecule has 0 aliphatic heterocycles. The van der Waals surface area contributed by atoms with Crippen molar-refractivity contribution in [3.63, 3.8) is 0 Å². The van der Waals surface area contributed by atoms with Crippen LogP contribution in [0.15, 0.2) is 22.0 Å². The Bertz CT molecular complexity index is 987. The zero-order valence-corrected chi connectivity index (χ0v) is 15.8. The standard InChI is InChI=1S/C17H22N6O4/c1-12-9-21(10-13-8-19-23(20-13)7-5-6-18)16(26)22(14(12)24)11-27-15(25)17(2,3)4/h8-9H,5,7,10-11H2,1-4H3. The average Bonchev–Trinajstić information content (AvgIpc) is 3.04. The Morgan fingerprint density at radius 1 is 1.33 bits per heavy atom. The summed E-state index contributed by atoms with van der Waals surface area (Å²) >= 11 is 0. The maximum atomic E-state index is 12.6. The molecule has 0 atom stereocenters. The van der Waals surface area contributed by atoms with Crippen molar-refractivity contribution < 1.29 is 9.53 Å². The van der Waals surface area contributed by atoms with Crippen LogP contribution < -0.4 is 11.2 Å².